The normalized spacial score (nSPS) is 19.5. The van der Waals surface area contributed by atoms with Crippen molar-refractivity contribution >= 4 is 0 Å². The van der Waals surface area contributed by atoms with Crippen LogP contribution in [0.2, 0.25) is 0 Å². The summed E-state index contributed by atoms with van der Waals surface area (Å²) >= 11 is 0. The van der Waals surface area contributed by atoms with Crippen molar-refractivity contribution in [1.29, 1.82) is 0 Å². The zero-order valence-electron chi connectivity index (χ0n) is 11.2. The van der Waals surface area contributed by atoms with E-state index in [0.29, 0.717) is 6.10 Å². The van der Waals surface area contributed by atoms with Crippen LogP contribution in [0, 0.1) is 0 Å². The van der Waals surface area contributed by atoms with Crippen LogP contribution in [0.25, 0.3) is 0 Å². The third kappa shape index (κ3) is 5.28. The van der Waals surface area contributed by atoms with Gasteiger partial charge in [-0.15, -0.1) is 0 Å². The second kappa shape index (κ2) is 8.04. The Bertz CT molecular complexity index is 163. The van der Waals surface area contributed by atoms with Gasteiger partial charge in [0.2, 0.25) is 0 Å². The maximum atomic E-state index is 5.82. The summed E-state index contributed by atoms with van der Waals surface area (Å²) in [5, 5.41) is 0. The van der Waals surface area contributed by atoms with E-state index in [9.17, 15) is 0 Å². The first kappa shape index (κ1) is 13.9. The van der Waals surface area contributed by atoms with E-state index in [0.717, 1.165) is 19.4 Å². The van der Waals surface area contributed by atoms with Crippen molar-refractivity contribution in [3.05, 3.63) is 0 Å². The molecular formula is C13H28N2O. The molecule has 0 aromatic heterocycles. The van der Waals surface area contributed by atoms with E-state index in [-0.39, 0.29) is 0 Å². The van der Waals surface area contributed by atoms with Crippen LogP contribution in [-0.2, 0) is 4.74 Å². The van der Waals surface area contributed by atoms with Gasteiger partial charge < -0.3 is 14.5 Å². The monoisotopic (exact) mass is 228 g/mol. The molecule has 1 fully saturated rings. The molecule has 16 heavy (non-hydrogen) atoms. The number of nitrogens with zero attached hydrogens (tertiary/aromatic N) is 2. The Morgan fingerprint density at radius 2 is 1.69 bits per heavy atom. The maximum Gasteiger partial charge on any atom is 0.0569 e. The van der Waals surface area contributed by atoms with Gasteiger partial charge in [-0.3, -0.25) is 0 Å². The zero-order valence-corrected chi connectivity index (χ0v) is 11.2. The molecule has 0 amide bonds. The van der Waals surface area contributed by atoms with E-state index in [1.54, 1.807) is 0 Å². The molecule has 0 aromatic carbocycles. The van der Waals surface area contributed by atoms with Crippen molar-refractivity contribution in [2.75, 3.05) is 46.4 Å². The van der Waals surface area contributed by atoms with Gasteiger partial charge in [0.25, 0.3) is 0 Å². The van der Waals surface area contributed by atoms with Gasteiger partial charge in [0.05, 0.1) is 6.10 Å². The molecule has 0 bridgehead atoms. The van der Waals surface area contributed by atoms with Crippen LogP contribution in [0.1, 0.15) is 33.1 Å². The lowest BCUT2D eigenvalue weighted by atomic mass is 10.2. The van der Waals surface area contributed by atoms with Crippen molar-refractivity contribution in [1.82, 2.24) is 9.80 Å². The Hall–Kier alpha value is -0.120. The standard InChI is InChI=1S/C13H28N2O/c1-4-13(5-2)16-12-6-7-15-10-8-14(3)9-11-15/h13H,4-12H2,1-3H3. The second-order valence-electron chi connectivity index (χ2n) is 4.81. The summed E-state index contributed by atoms with van der Waals surface area (Å²) in [7, 11) is 2.20. The van der Waals surface area contributed by atoms with E-state index in [2.05, 4.69) is 30.7 Å². The highest BCUT2D eigenvalue weighted by atomic mass is 16.5. The Labute approximate surface area is 101 Å². The molecule has 0 aliphatic carbocycles. The fraction of sp³-hybridized carbons (Fsp3) is 1.00. The molecule has 3 heteroatoms. The Kier molecular flexibility index (Phi) is 7.01. The minimum Gasteiger partial charge on any atom is -0.378 e. The third-order valence-corrected chi connectivity index (χ3v) is 3.48. The van der Waals surface area contributed by atoms with Crippen LogP contribution in [0.5, 0.6) is 0 Å². The van der Waals surface area contributed by atoms with Gasteiger partial charge in [-0.05, 0) is 26.3 Å². The first-order chi connectivity index (χ1) is 7.76. The number of rotatable bonds is 7. The van der Waals surface area contributed by atoms with Crippen LogP contribution in [0.4, 0.5) is 0 Å². The van der Waals surface area contributed by atoms with Crippen LogP contribution >= 0.6 is 0 Å². The number of hydrogen-bond acceptors (Lipinski definition) is 3. The average molecular weight is 228 g/mol. The summed E-state index contributed by atoms with van der Waals surface area (Å²) in [5.74, 6) is 0. The minimum atomic E-state index is 0.479. The summed E-state index contributed by atoms with van der Waals surface area (Å²) < 4.78 is 5.82. The van der Waals surface area contributed by atoms with Crippen molar-refractivity contribution in [2.45, 2.75) is 39.2 Å². The minimum absolute atomic E-state index is 0.479. The highest BCUT2D eigenvalue weighted by Crippen LogP contribution is 2.04. The van der Waals surface area contributed by atoms with Gasteiger partial charge >= 0.3 is 0 Å². The first-order valence-corrected chi connectivity index (χ1v) is 6.78. The molecule has 0 aromatic rings. The molecule has 0 spiro atoms. The molecule has 3 nitrogen and oxygen atoms in total. The lowest BCUT2D eigenvalue weighted by Crippen LogP contribution is -2.44. The van der Waals surface area contributed by atoms with Crippen molar-refractivity contribution < 1.29 is 4.74 Å². The number of hydrogen-bond donors (Lipinski definition) is 0. The van der Waals surface area contributed by atoms with E-state index in [4.69, 9.17) is 4.74 Å². The molecule has 0 saturated carbocycles. The lowest BCUT2D eigenvalue weighted by molar-refractivity contribution is 0.0393. The molecule has 1 aliphatic heterocycles. The number of piperazine rings is 1. The SMILES string of the molecule is CCC(CC)OCCCN1CCN(C)CC1. The van der Waals surface area contributed by atoms with Crippen LogP contribution in [0.3, 0.4) is 0 Å². The zero-order chi connectivity index (χ0) is 11.8. The van der Waals surface area contributed by atoms with E-state index < -0.39 is 0 Å². The fourth-order valence-electron chi connectivity index (χ4n) is 2.13. The predicted molar refractivity (Wildman–Crippen MR) is 68.9 cm³/mol. The molecule has 1 aliphatic rings. The van der Waals surface area contributed by atoms with Gasteiger partial charge in [0.1, 0.15) is 0 Å². The average Bonchev–Trinajstić information content (AvgIpc) is 2.32. The highest BCUT2D eigenvalue weighted by Gasteiger charge is 2.12. The lowest BCUT2D eigenvalue weighted by Gasteiger charge is -2.32. The summed E-state index contributed by atoms with van der Waals surface area (Å²) in [6.45, 7) is 11.4. The molecule has 0 unspecified atom stereocenters. The smallest absolute Gasteiger partial charge is 0.0569 e. The summed E-state index contributed by atoms with van der Waals surface area (Å²) in [6.07, 6.45) is 3.95. The van der Waals surface area contributed by atoms with Crippen LogP contribution < -0.4 is 0 Å². The molecule has 96 valence electrons. The van der Waals surface area contributed by atoms with Gasteiger partial charge in [0.15, 0.2) is 0 Å². The molecule has 0 N–H and O–H groups in total. The van der Waals surface area contributed by atoms with Gasteiger partial charge in [-0.2, -0.15) is 0 Å². The summed E-state index contributed by atoms with van der Waals surface area (Å²) in [6, 6.07) is 0. The van der Waals surface area contributed by atoms with Crippen molar-refractivity contribution in [2.24, 2.45) is 0 Å². The second-order valence-corrected chi connectivity index (χ2v) is 4.81. The highest BCUT2D eigenvalue weighted by molar-refractivity contribution is 4.68. The molecule has 1 rings (SSSR count). The van der Waals surface area contributed by atoms with Gasteiger partial charge in [-0.25, -0.2) is 0 Å². The first-order valence-electron chi connectivity index (χ1n) is 6.78. The van der Waals surface area contributed by atoms with E-state index >= 15 is 0 Å². The summed E-state index contributed by atoms with van der Waals surface area (Å²) in [5.41, 5.74) is 0. The van der Waals surface area contributed by atoms with E-state index in [1.807, 2.05) is 0 Å². The fourth-order valence-corrected chi connectivity index (χ4v) is 2.13. The predicted octanol–water partition coefficient (Wildman–Crippen LogP) is 1.83. The molecule has 1 saturated heterocycles. The largest absolute Gasteiger partial charge is 0.378 e. The Morgan fingerprint density at radius 3 is 2.25 bits per heavy atom. The quantitative estimate of drug-likeness (QED) is 0.618. The Balaban J connectivity index is 1.98. The van der Waals surface area contributed by atoms with Crippen LogP contribution in [-0.4, -0.2) is 62.3 Å². The Morgan fingerprint density at radius 1 is 1.06 bits per heavy atom. The number of likely N-dealkylation sites (N-methyl/N-ethyl adjacent to an activating group) is 1. The molecule has 0 radical (unpaired) electrons. The third-order valence-electron chi connectivity index (χ3n) is 3.48. The molecule has 1 heterocycles. The van der Waals surface area contributed by atoms with E-state index in [1.165, 1.54) is 39.1 Å². The number of ether oxygens (including phenoxy) is 1. The topological polar surface area (TPSA) is 15.7 Å². The van der Waals surface area contributed by atoms with Crippen molar-refractivity contribution in [3.8, 4) is 0 Å². The molecule has 0 atom stereocenters. The maximum absolute atomic E-state index is 5.82. The van der Waals surface area contributed by atoms with Gasteiger partial charge in [-0.1, -0.05) is 13.8 Å². The van der Waals surface area contributed by atoms with Crippen LogP contribution in [0.15, 0.2) is 0 Å². The molecular weight excluding hydrogens is 200 g/mol. The van der Waals surface area contributed by atoms with Crippen molar-refractivity contribution in [3.63, 3.8) is 0 Å². The summed E-state index contributed by atoms with van der Waals surface area (Å²) in [4.78, 5) is 4.95. The van der Waals surface area contributed by atoms with Gasteiger partial charge in [0, 0.05) is 39.3 Å².